The Bertz CT molecular complexity index is 218. The number of carboxylic acid groups (broad SMARTS) is 1. The maximum absolute atomic E-state index is 10.8. The maximum Gasteiger partial charge on any atom is 0.317 e. The average Bonchev–Trinajstić information content (AvgIpc) is 2.66. The molecule has 0 aliphatic carbocycles. The molecular formula is C11H22N2O2S. The van der Waals surface area contributed by atoms with Gasteiger partial charge in [-0.15, -0.1) is 0 Å². The van der Waals surface area contributed by atoms with E-state index < -0.39 is 5.97 Å². The van der Waals surface area contributed by atoms with Gasteiger partial charge >= 0.3 is 5.97 Å². The van der Waals surface area contributed by atoms with Crippen molar-refractivity contribution in [3.05, 3.63) is 0 Å². The molecule has 1 fully saturated rings. The second-order valence-electron chi connectivity index (χ2n) is 4.66. The van der Waals surface area contributed by atoms with E-state index in [1.165, 1.54) is 17.9 Å². The van der Waals surface area contributed by atoms with Gasteiger partial charge in [0.15, 0.2) is 0 Å². The minimum atomic E-state index is -0.718. The molecule has 1 atom stereocenters. The van der Waals surface area contributed by atoms with Gasteiger partial charge in [0.05, 0.1) is 6.54 Å². The zero-order valence-electron chi connectivity index (χ0n) is 10.2. The normalized spacial score (nSPS) is 20.9. The van der Waals surface area contributed by atoms with Crippen molar-refractivity contribution in [2.24, 2.45) is 5.92 Å². The first-order valence-corrected chi connectivity index (χ1v) is 6.90. The third-order valence-electron chi connectivity index (χ3n) is 2.76. The van der Waals surface area contributed by atoms with E-state index in [1.807, 2.05) is 25.9 Å². The third-order valence-corrected chi connectivity index (χ3v) is 3.99. The number of carbonyl (C=O) groups is 1. The SMILES string of the molecule is CN(C)CCN(CC(=O)O)CC1CCSC1. The lowest BCUT2D eigenvalue weighted by Crippen LogP contribution is -2.38. The Morgan fingerprint density at radius 2 is 2.19 bits per heavy atom. The highest BCUT2D eigenvalue weighted by Crippen LogP contribution is 2.23. The summed E-state index contributed by atoms with van der Waals surface area (Å²) in [4.78, 5) is 14.9. The number of carboxylic acids is 1. The summed E-state index contributed by atoms with van der Waals surface area (Å²) in [6.45, 7) is 2.88. The Morgan fingerprint density at radius 1 is 1.44 bits per heavy atom. The number of likely N-dealkylation sites (N-methyl/N-ethyl adjacent to an activating group) is 1. The summed E-state index contributed by atoms with van der Waals surface area (Å²) in [5.74, 6) is 2.40. The zero-order valence-corrected chi connectivity index (χ0v) is 11.0. The molecule has 4 nitrogen and oxygen atoms in total. The number of hydrogen-bond donors (Lipinski definition) is 1. The highest BCUT2D eigenvalue weighted by Gasteiger charge is 2.20. The van der Waals surface area contributed by atoms with Crippen LogP contribution in [0.2, 0.25) is 0 Å². The highest BCUT2D eigenvalue weighted by molar-refractivity contribution is 7.99. The Hall–Kier alpha value is -0.260. The van der Waals surface area contributed by atoms with Gasteiger partial charge in [0.25, 0.3) is 0 Å². The summed E-state index contributed by atoms with van der Waals surface area (Å²) in [5, 5.41) is 8.86. The molecule has 5 heteroatoms. The van der Waals surface area contributed by atoms with Gasteiger partial charge in [0.2, 0.25) is 0 Å². The smallest absolute Gasteiger partial charge is 0.317 e. The lowest BCUT2D eigenvalue weighted by Gasteiger charge is -2.24. The highest BCUT2D eigenvalue weighted by atomic mass is 32.2. The summed E-state index contributed by atoms with van der Waals surface area (Å²) in [7, 11) is 4.04. The molecule has 0 radical (unpaired) electrons. The van der Waals surface area contributed by atoms with Crippen LogP contribution >= 0.6 is 11.8 Å². The fourth-order valence-electron chi connectivity index (χ4n) is 1.86. The van der Waals surface area contributed by atoms with Crippen LogP contribution < -0.4 is 0 Å². The Balaban J connectivity index is 2.32. The van der Waals surface area contributed by atoms with Gasteiger partial charge in [-0.3, -0.25) is 9.69 Å². The molecule has 1 N–H and O–H groups in total. The molecule has 1 saturated heterocycles. The van der Waals surface area contributed by atoms with Crippen LogP contribution in [0.15, 0.2) is 0 Å². The minimum Gasteiger partial charge on any atom is -0.480 e. The largest absolute Gasteiger partial charge is 0.480 e. The van der Waals surface area contributed by atoms with Crippen LogP contribution in [0.1, 0.15) is 6.42 Å². The lowest BCUT2D eigenvalue weighted by atomic mass is 10.1. The van der Waals surface area contributed by atoms with E-state index in [9.17, 15) is 4.79 Å². The van der Waals surface area contributed by atoms with Crippen molar-refractivity contribution in [1.82, 2.24) is 9.80 Å². The van der Waals surface area contributed by atoms with Crippen LogP contribution in [0.5, 0.6) is 0 Å². The molecule has 0 amide bonds. The average molecular weight is 246 g/mol. The van der Waals surface area contributed by atoms with Gasteiger partial charge in [0.1, 0.15) is 0 Å². The summed E-state index contributed by atoms with van der Waals surface area (Å²) in [6.07, 6.45) is 1.24. The van der Waals surface area contributed by atoms with Crippen LogP contribution in [-0.2, 0) is 4.79 Å². The summed E-state index contributed by atoms with van der Waals surface area (Å²) >= 11 is 1.98. The molecule has 1 aliphatic heterocycles. The summed E-state index contributed by atoms with van der Waals surface area (Å²) in [6, 6.07) is 0. The molecule has 0 saturated carbocycles. The zero-order chi connectivity index (χ0) is 12.0. The molecule has 1 unspecified atom stereocenters. The van der Waals surface area contributed by atoms with E-state index in [0.717, 1.165) is 19.6 Å². The van der Waals surface area contributed by atoms with Gasteiger partial charge in [-0.1, -0.05) is 0 Å². The van der Waals surface area contributed by atoms with Crippen LogP contribution in [0.3, 0.4) is 0 Å². The van der Waals surface area contributed by atoms with E-state index in [1.54, 1.807) is 0 Å². The van der Waals surface area contributed by atoms with E-state index in [4.69, 9.17) is 5.11 Å². The van der Waals surface area contributed by atoms with E-state index in [2.05, 4.69) is 9.80 Å². The minimum absolute atomic E-state index is 0.176. The second-order valence-corrected chi connectivity index (χ2v) is 5.81. The molecule has 94 valence electrons. The molecule has 0 aromatic heterocycles. The van der Waals surface area contributed by atoms with Crippen molar-refractivity contribution >= 4 is 17.7 Å². The first kappa shape index (κ1) is 13.8. The summed E-state index contributed by atoms with van der Waals surface area (Å²) < 4.78 is 0. The van der Waals surface area contributed by atoms with Gasteiger partial charge in [-0.25, -0.2) is 0 Å². The Kier molecular flexibility index (Phi) is 6.16. The fourth-order valence-corrected chi connectivity index (χ4v) is 3.13. The number of thioether (sulfide) groups is 1. The first-order chi connectivity index (χ1) is 7.58. The van der Waals surface area contributed by atoms with Crippen molar-refractivity contribution in [3.63, 3.8) is 0 Å². The molecular weight excluding hydrogens is 224 g/mol. The number of rotatable bonds is 7. The first-order valence-electron chi connectivity index (χ1n) is 5.74. The molecule has 16 heavy (non-hydrogen) atoms. The molecule has 0 spiro atoms. The maximum atomic E-state index is 10.8. The number of hydrogen-bond acceptors (Lipinski definition) is 4. The Morgan fingerprint density at radius 3 is 2.69 bits per heavy atom. The van der Waals surface area contributed by atoms with Gasteiger partial charge in [0, 0.05) is 19.6 Å². The molecule has 0 aromatic carbocycles. The quantitative estimate of drug-likeness (QED) is 0.716. The molecule has 0 aromatic rings. The van der Waals surface area contributed by atoms with Crippen LogP contribution in [0, 0.1) is 5.92 Å². The topological polar surface area (TPSA) is 43.8 Å². The van der Waals surface area contributed by atoms with Crippen LogP contribution in [0.25, 0.3) is 0 Å². The van der Waals surface area contributed by atoms with Crippen LogP contribution in [-0.4, -0.2) is 72.7 Å². The second kappa shape index (κ2) is 7.14. The molecule has 1 aliphatic rings. The van der Waals surface area contributed by atoms with E-state index in [0.29, 0.717) is 5.92 Å². The van der Waals surface area contributed by atoms with E-state index in [-0.39, 0.29) is 6.54 Å². The molecule has 1 rings (SSSR count). The third kappa shape index (κ3) is 5.72. The number of aliphatic carboxylic acids is 1. The van der Waals surface area contributed by atoms with Crippen molar-refractivity contribution in [3.8, 4) is 0 Å². The molecule has 0 bridgehead atoms. The van der Waals surface area contributed by atoms with E-state index >= 15 is 0 Å². The lowest BCUT2D eigenvalue weighted by molar-refractivity contribution is -0.138. The van der Waals surface area contributed by atoms with Crippen molar-refractivity contribution in [1.29, 1.82) is 0 Å². The summed E-state index contributed by atoms with van der Waals surface area (Å²) in [5.41, 5.74) is 0. The standard InChI is InChI=1S/C11H22N2O2S/c1-12(2)4-5-13(8-11(14)15)7-10-3-6-16-9-10/h10H,3-9H2,1-2H3,(H,14,15). The monoisotopic (exact) mass is 246 g/mol. The number of nitrogens with zero attached hydrogens (tertiary/aromatic N) is 2. The van der Waals surface area contributed by atoms with Crippen molar-refractivity contribution in [2.45, 2.75) is 6.42 Å². The fraction of sp³-hybridized carbons (Fsp3) is 0.909. The predicted molar refractivity (Wildman–Crippen MR) is 68.1 cm³/mol. The van der Waals surface area contributed by atoms with Crippen molar-refractivity contribution in [2.75, 3.05) is 51.8 Å². The molecule has 1 heterocycles. The predicted octanol–water partition coefficient (Wildman–Crippen LogP) is 0.688. The van der Waals surface area contributed by atoms with Gasteiger partial charge in [-0.2, -0.15) is 11.8 Å². The van der Waals surface area contributed by atoms with Crippen LogP contribution in [0.4, 0.5) is 0 Å². The van der Waals surface area contributed by atoms with Gasteiger partial charge in [-0.05, 0) is 37.9 Å². The Labute approximate surface area is 102 Å². The van der Waals surface area contributed by atoms with Gasteiger partial charge < -0.3 is 10.0 Å². The van der Waals surface area contributed by atoms with Crippen molar-refractivity contribution < 1.29 is 9.90 Å².